The van der Waals surface area contributed by atoms with E-state index in [2.05, 4.69) is 0 Å². The van der Waals surface area contributed by atoms with Crippen molar-refractivity contribution in [1.29, 1.82) is 0 Å². The number of rotatable bonds is 13. The van der Waals surface area contributed by atoms with Gasteiger partial charge >= 0.3 is 5.97 Å². The van der Waals surface area contributed by atoms with Crippen LogP contribution in [0, 0.1) is 17.7 Å². The molecule has 0 unspecified atom stereocenters. The van der Waals surface area contributed by atoms with Crippen molar-refractivity contribution in [2.75, 3.05) is 0 Å². The summed E-state index contributed by atoms with van der Waals surface area (Å²) in [7, 11) is 0. The third-order valence-electron chi connectivity index (χ3n) is 6.63. The molecule has 0 spiro atoms. The van der Waals surface area contributed by atoms with Crippen molar-refractivity contribution < 1.29 is 29.6 Å². The number of hydrogen-bond donors (Lipinski definition) is 4. The highest BCUT2D eigenvalue weighted by Crippen LogP contribution is 2.39. The highest BCUT2D eigenvalue weighted by atomic mass is 19.1. The van der Waals surface area contributed by atoms with Crippen LogP contribution < -0.4 is 0 Å². The number of carboxylic acids is 1. The van der Waals surface area contributed by atoms with Crippen LogP contribution in [0.3, 0.4) is 0 Å². The highest BCUT2D eigenvalue weighted by Gasteiger charge is 2.40. The van der Waals surface area contributed by atoms with E-state index in [4.69, 9.17) is 5.11 Å². The van der Waals surface area contributed by atoms with Gasteiger partial charge < -0.3 is 20.4 Å². The molecule has 31 heavy (non-hydrogen) atoms. The summed E-state index contributed by atoms with van der Waals surface area (Å²) in [5, 5.41) is 39.9. The molecule has 6 heteroatoms. The van der Waals surface area contributed by atoms with E-state index in [1.165, 1.54) is 6.07 Å². The molecular formula is C25H37FO5. The molecule has 0 heterocycles. The molecule has 4 N–H and O–H groups in total. The molecule has 0 radical (unpaired) electrons. The van der Waals surface area contributed by atoms with Crippen LogP contribution in [0.5, 0.6) is 0 Å². The number of carbonyl (C=O) groups is 1. The first-order valence-electron chi connectivity index (χ1n) is 11.5. The predicted octanol–water partition coefficient (Wildman–Crippen LogP) is 5.15. The lowest BCUT2D eigenvalue weighted by atomic mass is 9.85. The zero-order valence-electron chi connectivity index (χ0n) is 18.5. The van der Waals surface area contributed by atoms with Crippen LogP contribution in [0.2, 0.25) is 0 Å². The van der Waals surface area contributed by atoms with Crippen molar-refractivity contribution in [3.05, 3.63) is 47.0 Å². The summed E-state index contributed by atoms with van der Waals surface area (Å²) >= 11 is 0. The van der Waals surface area contributed by atoms with E-state index in [-0.39, 0.29) is 29.8 Å². The van der Waals surface area contributed by atoms with Gasteiger partial charge in [-0.25, -0.2) is 4.39 Å². The zero-order valence-corrected chi connectivity index (χ0v) is 18.5. The standard InChI is InChI=1S/C25H37FO5/c1-17(12-13-18-8-6-7-10-21(18)26)22(27)15-14-20-19(23(28)16-24(20)29)9-4-2-3-5-11-25(30)31/h6-8,10,19-20,23-24,27-29H,2-5,9,11-16H2,1H3,(H,30,31)/b22-17+/t19-,20-,23+,24-/m1/s1. The van der Waals surface area contributed by atoms with Gasteiger partial charge in [0.15, 0.2) is 0 Å². The first-order valence-corrected chi connectivity index (χ1v) is 11.5. The molecule has 2 rings (SSSR count). The number of allylic oxidation sites excluding steroid dienone is 2. The second-order valence-electron chi connectivity index (χ2n) is 8.90. The molecule has 1 aliphatic rings. The van der Waals surface area contributed by atoms with E-state index in [1.807, 2.05) is 6.92 Å². The summed E-state index contributed by atoms with van der Waals surface area (Å²) in [5.74, 6) is -0.774. The summed E-state index contributed by atoms with van der Waals surface area (Å²) in [6.07, 6.45) is 5.72. The number of unbranched alkanes of at least 4 members (excludes halogenated alkanes) is 3. The van der Waals surface area contributed by atoms with Crippen molar-refractivity contribution in [3.63, 3.8) is 0 Å². The number of aliphatic carboxylic acids is 1. The van der Waals surface area contributed by atoms with Gasteiger partial charge in [0, 0.05) is 12.8 Å². The number of aryl methyl sites for hydroxylation is 1. The quantitative estimate of drug-likeness (QED) is 0.253. The Balaban J connectivity index is 1.80. The van der Waals surface area contributed by atoms with Gasteiger partial charge in [-0.2, -0.15) is 0 Å². The van der Waals surface area contributed by atoms with Gasteiger partial charge in [0.2, 0.25) is 0 Å². The van der Waals surface area contributed by atoms with Crippen LogP contribution in [0.25, 0.3) is 0 Å². The fraction of sp³-hybridized carbons (Fsp3) is 0.640. The van der Waals surface area contributed by atoms with E-state index in [1.54, 1.807) is 18.2 Å². The lowest BCUT2D eigenvalue weighted by molar-refractivity contribution is -0.137. The molecule has 0 saturated heterocycles. The molecular weight excluding hydrogens is 399 g/mol. The summed E-state index contributed by atoms with van der Waals surface area (Å²) in [6, 6.07) is 6.65. The molecule has 5 nitrogen and oxygen atoms in total. The monoisotopic (exact) mass is 436 g/mol. The molecule has 0 aliphatic heterocycles. The molecule has 1 aromatic carbocycles. The van der Waals surface area contributed by atoms with Crippen molar-refractivity contribution in [1.82, 2.24) is 0 Å². The van der Waals surface area contributed by atoms with Gasteiger partial charge in [0.1, 0.15) is 5.82 Å². The second kappa shape index (κ2) is 12.8. The molecule has 0 aromatic heterocycles. The average Bonchev–Trinajstić information content (AvgIpc) is 2.99. The van der Waals surface area contributed by atoms with Crippen LogP contribution in [0.15, 0.2) is 35.6 Å². The highest BCUT2D eigenvalue weighted by molar-refractivity contribution is 5.66. The minimum atomic E-state index is -0.772. The smallest absolute Gasteiger partial charge is 0.303 e. The number of halogens is 1. The van der Waals surface area contributed by atoms with Crippen LogP contribution in [0.4, 0.5) is 4.39 Å². The number of aliphatic hydroxyl groups is 3. The van der Waals surface area contributed by atoms with E-state index in [0.717, 1.165) is 31.3 Å². The van der Waals surface area contributed by atoms with E-state index in [0.29, 0.717) is 44.1 Å². The Bertz CT molecular complexity index is 732. The van der Waals surface area contributed by atoms with Gasteiger partial charge in [0.05, 0.1) is 18.0 Å². The van der Waals surface area contributed by atoms with Crippen LogP contribution in [-0.2, 0) is 11.2 Å². The molecule has 1 saturated carbocycles. The maximum atomic E-state index is 13.8. The first kappa shape index (κ1) is 25.3. The summed E-state index contributed by atoms with van der Waals surface area (Å²) in [5.41, 5.74) is 1.46. The third-order valence-corrected chi connectivity index (χ3v) is 6.63. The molecule has 4 atom stereocenters. The van der Waals surface area contributed by atoms with Crippen molar-refractivity contribution in [2.45, 2.75) is 89.8 Å². The topological polar surface area (TPSA) is 98.0 Å². The predicted molar refractivity (Wildman–Crippen MR) is 118 cm³/mol. The van der Waals surface area contributed by atoms with Crippen molar-refractivity contribution in [2.24, 2.45) is 11.8 Å². The molecule has 1 aromatic rings. The molecule has 1 fully saturated rings. The van der Waals surface area contributed by atoms with Crippen LogP contribution >= 0.6 is 0 Å². The van der Waals surface area contributed by atoms with Crippen molar-refractivity contribution in [3.8, 4) is 0 Å². The fourth-order valence-electron chi connectivity index (χ4n) is 4.67. The van der Waals surface area contributed by atoms with Gasteiger partial charge in [-0.15, -0.1) is 0 Å². The van der Waals surface area contributed by atoms with Gasteiger partial charge in [-0.3, -0.25) is 4.79 Å². The Labute approximate surface area is 184 Å². The summed E-state index contributed by atoms with van der Waals surface area (Å²) in [6.45, 7) is 1.85. The summed E-state index contributed by atoms with van der Waals surface area (Å²) in [4.78, 5) is 10.6. The normalized spacial score (nSPS) is 24.3. The van der Waals surface area contributed by atoms with E-state index in [9.17, 15) is 24.5 Å². The van der Waals surface area contributed by atoms with Crippen molar-refractivity contribution >= 4 is 5.97 Å². The Morgan fingerprint density at radius 2 is 1.58 bits per heavy atom. The molecule has 0 amide bonds. The average molecular weight is 437 g/mol. The Hall–Kier alpha value is -1.92. The number of hydrogen-bond acceptors (Lipinski definition) is 4. The van der Waals surface area contributed by atoms with E-state index >= 15 is 0 Å². The lowest BCUT2D eigenvalue weighted by Crippen LogP contribution is -2.22. The van der Waals surface area contributed by atoms with E-state index < -0.39 is 18.2 Å². The van der Waals surface area contributed by atoms with Gasteiger partial charge in [-0.05, 0) is 74.5 Å². The molecule has 1 aliphatic carbocycles. The molecule has 174 valence electrons. The minimum absolute atomic E-state index is 0.000921. The zero-order chi connectivity index (χ0) is 22.8. The van der Waals surface area contributed by atoms with Gasteiger partial charge in [0.25, 0.3) is 0 Å². The van der Waals surface area contributed by atoms with Gasteiger partial charge in [-0.1, -0.05) is 37.5 Å². The Morgan fingerprint density at radius 1 is 0.935 bits per heavy atom. The lowest BCUT2D eigenvalue weighted by Gasteiger charge is -2.23. The summed E-state index contributed by atoms with van der Waals surface area (Å²) < 4.78 is 13.8. The number of carboxylic acid groups (broad SMARTS) is 1. The molecule has 0 bridgehead atoms. The van der Waals surface area contributed by atoms with Crippen LogP contribution in [0.1, 0.15) is 76.7 Å². The SMILES string of the molecule is C/C(CCc1ccccc1F)=C(\O)CC[C@@H]1[C@@H](CCCCCCC(=O)O)[C@@H](O)C[C@H]1O. The largest absolute Gasteiger partial charge is 0.512 e. The maximum Gasteiger partial charge on any atom is 0.303 e. The number of benzene rings is 1. The first-order chi connectivity index (χ1) is 14.8. The Morgan fingerprint density at radius 3 is 2.26 bits per heavy atom. The Kier molecular flexibility index (Phi) is 10.5. The number of aliphatic hydroxyl groups excluding tert-OH is 3. The fourth-order valence-corrected chi connectivity index (χ4v) is 4.67. The third kappa shape index (κ3) is 8.26. The minimum Gasteiger partial charge on any atom is -0.512 e. The van der Waals surface area contributed by atoms with Crippen LogP contribution in [-0.4, -0.2) is 38.6 Å². The second-order valence-corrected chi connectivity index (χ2v) is 8.90. The maximum absolute atomic E-state index is 13.8.